The number of benzene rings is 1. The first-order valence-corrected chi connectivity index (χ1v) is 9.77. The van der Waals surface area contributed by atoms with Crippen molar-refractivity contribution in [1.29, 1.82) is 0 Å². The number of amides is 2. The van der Waals surface area contributed by atoms with Gasteiger partial charge >= 0.3 is 5.97 Å². The van der Waals surface area contributed by atoms with E-state index < -0.39 is 23.8 Å². The van der Waals surface area contributed by atoms with Crippen LogP contribution in [-0.4, -0.2) is 50.3 Å². The lowest BCUT2D eigenvalue weighted by molar-refractivity contribution is -0.142. The Hall–Kier alpha value is -3.68. The predicted molar refractivity (Wildman–Crippen MR) is 109 cm³/mol. The van der Waals surface area contributed by atoms with Gasteiger partial charge in [0.1, 0.15) is 6.04 Å². The van der Waals surface area contributed by atoms with E-state index >= 15 is 0 Å². The van der Waals surface area contributed by atoms with E-state index in [0.717, 1.165) is 22.2 Å². The first kappa shape index (κ1) is 19.6. The molecule has 1 aliphatic rings. The molecule has 3 aromatic rings. The monoisotopic (exact) mass is 406 g/mol. The second-order valence-corrected chi connectivity index (χ2v) is 7.46. The Morgan fingerprint density at radius 1 is 1.23 bits per heavy atom. The van der Waals surface area contributed by atoms with Crippen LogP contribution in [0.2, 0.25) is 0 Å². The number of H-pyrrole nitrogens is 1. The molecular formula is C22H22N4O4. The largest absolute Gasteiger partial charge is 0.480 e. The van der Waals surface area contributed by atoms with Gasteiger partial charge in [0.25, 0.3) is 0 Å². The zero-order valence-electron chi connectivity index (χ0n) is 16.2. The van der Waals surface area contributed by atoms with Crippen molar-refractivity contribution in [3.05, 3.63) is 66.1 Å². The molecule has 3 heterocycles. The minimum atomic E-state index is -1.11. The van der Waals surface area contributed by atoms with Crippen LogP contribution in [-0.2, 0) is 27.3 Å². The third-order valence-electron chi connectivity index (χ3n) is 5.38. The Morgan fingerprint density at radius 3 is 2.80 bits per heavy atom. The van der Waals surface area contributed by atoms with Gasteiger partial charge in [0.2, 0.25) is 11.8 Å². The number of fused-ring (bicyclic) bond motifs is 1. The highest BCUT2D eigenvalue weighted by Gasteiger charge is 2.36. The van der Waals surface area contributed by atoms with Gasteiger partial charge in [0, 0.05) is 42.7 Å². The molecule has 0 aliphatic carbocycles. The summed E-state index contributed by atoms with van der Waals surface area (Å²) in [6, 6.07) is 12.0. The molecule has 2 unspecified atom stereocenters. The first-order chi connectivity index (χ1) is 14.5. The Bertz CT molecular complexity index is 1080. The Balaban J connectivity index is 1.41. The second-order valence-electron chi connectivity index (χ2n) is 7.46. The van der Waals surface area contributed by atoms with Gasteiger partial charge in [-0.3, -0.25) is 14.6 Å². The molecule has 0 saturated carbocycles. The zero-order valence-corrected chi connectivity index (χ0v) is 16.2. The van der Waals surface area contributed by atoms with Crippen molar-refractivity contribution < 1.29 is 19.5 Å². The van der Waals surface area contributed by atoms with E-state index in [1.54, 1.807) is 23.4 Å². The van der Waals surface area contributed by atoms with Gasteiger partial charge in [-0.15, -0.1) is 0 Å². The molecule has 30 heavy (non-hydrogen) atoms. The molecule has 2 amide bonds. The van der Waals surface area contributed by atoms with Crippen molar-refractivity contribution >= 4 is 28.7 Å². The van der Waals surface area contributed by atoms with E-state index in [-0.39, 0.29) is 25.3 Å². The van der Waals surface area contributed by atoms with Crippen LogP contribution in [0.4, 0.5) is 0 Å². The second kappa shape index (κ2) is 8.36. The zero-order chi connectivity index (χ0) is 21.1. The third kappa shape index (κ3) is 4.17. The van der Waals surface area contributed by atoms with Crippen LogP contribution in [0.25, 0.3) is 10.9 Å². The average molecular weight is 406 g/mol. The first-order valence-electron chi connectivity index (χ1n) is 9.77. The molecular weight excluding hydrogens is 384 g/mol. The highest BCUT2D eigenvalue weighted by molar-refractivity contribution is 5.92. The maximum Gasteiger partial charge on any atom is 0.326 e. The van der Waals surface area contributed by atoms with E-state index in [1.807, 2.05) is 36.4 Å². The highest BCUT2D eigenvalue weighted by Crippen LogP contribution is 2.22. The number of pyridine rings is 1. The number of carboxylic acids is 1. The van der Waals surface area contributed by atoms with Gasteiger partial charge in [-0.2, -0.15) is 0 Å². The minimum absolute atomic E-state index is 0.0676. The summed E-state index contributed by atoms with van der Waals surface area (Å²) in [5, 5.41) is 13.2. The number of carbonyl (C=O) groups is 3. The van der Waals surface area contributed by atoms with Gasteiger partial charge < -0.3 is 20.3 Å². The van der Waals surface area contributed by atoms with E-state index in [1.165, 1.54) is 0 Å². The minimum Gasteiger partial charge on any atom is -0.480 e. The number of hydrogen-bond donors (Lipinski definition) is 3. The Labute approximate surface area is 172 Å². The molecule has 2 aromatic heterocycles. The maximum absolute atomic E-state index is 12.7. The fourth-order valence-corrected chi connectivity index (χ4v) is 3.80. The van der Waals surface area contributed by atoms with Crippen molar-refractivity contribution in [1.82, 2.24) is 20.2 Å². The molecule has 4 rings (SSSR count). The number of aliphatic carboxylic acids is 1. The summed E-state index contributed by atoms with van der Waals surface area (Å²) in [5.41, 5.74) is 2.47. The third-order valence-corrected chi connectivity index (χ3v) is 5.38. The molecule has 3 N–H and O–H groups in total. The topological polar surface area (TPSA) is 115 Å². The van der Waals surface area contributed by atoms with Crippen molar-refractivity contribution in [2.24, 2.45) is 5.92 Å². The molecule has 8 nitrogen and oxygen atoms in total. The number of aromatic nitrogens is 2. The number of rotatable bonds is 7. The molecule has 1 fully saturated rings. The fourth-order valence-electron chi connectivity index (χ4n) is 3.80. The summed E-state index contributed by atoms with van der Waals surface area (Å²) in [5.74, 6) is -2.24. The Kier molecular flexibility index (Phi) is 5.47. The number of carboxylic acid groups (broad SMARTS) is 1. The van der Waals surface area contributed by atoms with Gasteiger partial charge in [0.05, 0.1) is 18.2 Å². The molecule has 0 spiro atoms. The van der Waals surface area contributed by atoms with Crippen LogP contribution in [0.3, 0.4) is 0 Å². The molecule has 1 aliphatic heterocycles. The number of nitrogens with one attached hydrogen (secondary N) is 2. The van der Waals surface area contributed by atoms with Crippen LogP contribution in [0, 0.1) is 5.92 Å². The highest BCUT2D eigenvalue weighted by atomic mass is 16.4. The molecule has 0 bridgehead atoms. The van der Waals surface area contributed by atoms with E-state index in [0.29, 0.717) is 6.54 Å². The SMILES string of the molecule is O=C(NC(Cc1c[nH]c2ccccc12)C(=O)O)C1CC(=O)N(Cc2ccccn2)C1. The number of likely N-dealkylation sites (tertiary alicyclic amines) is 1. The van der Waals surface area contributed by atoms with Crippen LogP contribution in [0.15, 0.2) is 54.9 Å². The van der Waals surface area contributed by atoms with Gasteiger partial charge in [-0.1, -0.05) is 24.3 Å². The van der Waals surface area contributed by atoms with Gasteiger partial charge in [-0.25, -0.2) is 4.79 Å². The summed E-state index contributed by atoms with van der Waals surface area (Å²) >= 11 is 0. The quantitative estimate of drug-likeness (QED) is 0.553. The van der Waals surface area contributed by atoms with Crippen LogP contribution in [0.1, 0.15) is 17.7 Å². The smallest absolute Gasteiger partial charge is 0.326 e. The molecule has 2 atom stereocenters. The Morgan fingerprint density at radius 2 is 2.03 bits per heavy atom. The van der Waals surface area contributed by atoms with Crippen molar-refractivity contribution in [3.63, 3.8) is 0 Å². The molecule has 8 heteroatoms. The van der Waals surface area contributed by atoms with Gasteiger partial charge in [0.15, 0.2) is 0 Å². The summed E-state index contributed by atoms with van der Waals surface area (Å²) in [6.07, 6.45) is 3.64. The van der Waals surface area contributed by atoms with Crippen LogP contribution < -0.4 is 5.32 Å². The lowest BCUT2D eigenvalue weighted by atomic mass is 10.0. The van der Waals surface area contributed by atoms with E-state index in [9.17, 15) is 19.5 Å². The fraction of sp³-hybridized carbons (Fsp3) is 0.273. The number of carbonyl (C=O) groups excluding carboxylic acids is 2. The maximum atomic E-state index is 12.7. The predicted octanol–water partition coefficient (Wildman–Crippen LogP) is 1.72. The van der Waals surface area contributed by atoms with Crippen molar-refractivity contribution in [2.45, 2.75) is 25.4 Å². The molecule has 1 saturated heterocycles. The number of para-hydroxylation sites is 1. The van der Waals surface area contributed by atoms with Crippen molar-refractivity contribution in [3.8, 4) is 0 Å². The van der Waals surface area contributed by atoms with Crippen LogP contribution >= 0.6 is 0 Å². The number of nitrogens with zero attached hydrogens (tertiary/aromatic N) is 2. The summed E-state index contributed by atoms with van der Waals surface area (Å²) in [6.45, 7) is 0.585. The number of hydrogen-bond acceptors (Lipinski definition) is 4. The van der Waals surface area contributed by atoms with Crippen molar-refractivity contribution in [2.75, 3.05) is 6.54 Å². The lowest BCUT2D eigenvalue weighted by Crippen LogP contribution is -2.45. The van der Waals surface area contributed by atoms with E-state index in [4.69, 9.17) is 0 Å². The number of aromatic amines is 1. The van der Waals surface area contributed by atoms with Gasteiger partial charge in [-0.05, 0) is 23.8 Å². The molecule has 0 radical (unpaired) electrons. The summed E-state index contributed by atoms with van der Waals surface area (Å²) in [4.78, 5) is 45.7. The molecule has 154 valence electrons. The van der Waals surface area contributed by atoms with Crippen LogP contribution in [0.5, 0.6) is 0 Å². The molecule has 1 aromatic carbocycles. The van der Waals surface area contributed by atoms with E-state index in [2.05, 4.69) is 15.3 Å². The average Bonchev–Trinajstić information content (AvgIpc) is 3.32. The summed E-state index contributed by atoms with van der Waals surface area (Å²) in [7, 11) is 0. The summed E-state index contributed by atoms with van der Waals surface area (Å²) < 4.78 is 0. The lowest BCUT2D eigenvalue weighted by Gasteiger charge is -2.18. The standard InChI is InChI=1S/C22H22N4O4/c27-20-10-15(12-26(20)13-16-5-3-4-8-23-16)21(28)25-19(22(29)30)9-14-11-24-18-7-2-1-6-17(14)18/h1-8,11,15,19,24H,9-10,12-13H2,(H,25,28)(H,29,30). The normalized spacial score (nSPS) is 17.3.